The van der Waals surface area contributed by atoms with Crippen LogP contribution in [0, 0.1) is 0 Å². The van der Waals surface area contributed by atoms with E-state index in [-0.39, 0.29) is 6.42 Å². The Kier molecular flexibility index (Phi) is 6.69. The van der Waals surface area contributed by atoms with Gasteiger partial charge in [-0.05, 0) is 51.8 Å². The second-order valence-electron chi connectivity index (χ2n) is 9.12. The summed E-state index contributed by atoms with van der Waals surface area (Å²) >= 11 is 0. The summed E-state index contributed by atoms with van der Waals surface area (Å²) in [7, 11) is -2.58. The van der Waals surface area contributed by atoms with Crippen LogP contribution in [0.15, 0.2) is 48.7 Å². The monoisotopic (exact) mass is 475 g/mol. The van der Waals surface area contributed by atoms with E-state index in [0.29, 0.717) is 22.9 Å². The van der Waals surface area contributed by atoms with Gasteiger partial charge in [-0.25, -0.2) is 18.0 Å². The molecule has 33 heavy (non-hydrogen) atoms. The van der Waals surface area contributed by atoms with E-state index in [9.17, 15) is 18.0 Å². The molecular weight excluding hydrogens is 446 g/mol. The van der Waals surface area contributed by atoms with Crippen molar-refractivity contribution in [3.05, 3.63) is 54.3 Å². The van der Waals surface area contributed by atoms with Crippen molar-refractivity contribution < 1.29 is 27.5 Å². The number of fused-ring (bicyclic) bond motifs is 1. The Labute approximate surface area is 193 Å². The molecule has 0 spiro atoms. The smallest absolute Gasteiger partial charge is 0.408 e. The van der Waals surface area contributed by atoms with Gasteiger partial charge in [-0.15, -0.1) is 0 Å². The van der Waals surface area contributed by atoms with Gasteiger partial charge in [0.2, 0.25) is 0 Å². The number of benzene rings is 1. The van der Waals surface area contributed by atoms with Crippen LogP contribution in [0.1, 0.15) is 39.7 Å². The molecule has 0 radical (unpaired) electrons. The quantitative estimate of drug-likeness (QED) is 0.638. The maximum atomic E-state index is 13.3. The Bertz CT molecular complexity index is 1220. The van der Waals surface area contributed by atoms with E-state index in [1.54, 1.807) is 58.0 Å². The third-order valence-corrected chi connectivity index (χ3v) is 7.48. The van der Waals surface area contributed by atoms with Crippen molar-refractivity contribution in [1.82, 2.24) is 14.5 Å². The molecule has 178 valence electrons. The number of carbonyl (C=O) groups excluding carboxylic acids is 2. The minimum atomic E-state index is -3.81. The molecule has 9 nitrogen and oxygen atoms in total. The van der Waals surface area contributed by atoms with Crippen LogP contribution in [0.2, 0.25) is 0 Å². The van der Waals surface area contributed by atoms with Gasteiger partial charge in [-0.3, -0.25) is 0 Å². The first-order valence-corrected chi connectivity index (χ1v) is 11.9. The highest BCUT2D eigenvalue weighted by Gasteiger charge is 2.39. The first-order chi connectivity index (χ1) is 15.4. The lowest BCUT2D eigenvalue weighted by Gasteiger charge is -2.26. The summed E-state index contributed by atoms with van der Waals surface area (Å²) in [5.74, 6) is -0.621. The fraction of sp³-hybridized carbons (Fsp3) is 0.435. The van der Waals surface area contributed by atoms with Gasteiger partial charge >= 0.3 is 12.1 Å². The zero-order valence-corrected chi connectivity index (χ0v) is 20.2. The molecule has 1 N–H and O–H groups in total. The lowest BCUT2D eigenvalue weighted by molar-refractivity contribution is -0.143. The second-order valence-corrected chi connectivity index (χ2v) is 11.3. The number of hydrogen-bond donors (Lipinski definition) is 1. The first kappa shape index (κ1) is 24.5. The number of hydrogen-bond acceptors (Lipinski definition) is 7. The second kappa shape index (κ2) is 9.01. The van der Waals surface area contributed by atoms with Crippen LogP contribution < -0.4 is 5.32 Å². The summed E-state index contributed by atoms with van der Waals surface area (Å²) in [5.41, 5.74) is 0.402. The van der Waals surface area contributed by atoms with E-state index in [4.69, 9.17) is 9.47 Å². The molecule has 1 aromatic carbocycles. The van der Waals surface area contributed by atoms with Gasteiger partial charge in [-0.2, -0.15) is 9.19 Å². The summed E-state index contributed by atoms with van der Waals surface area (Å²) in [6, 6.07) is 4.10. The van der Waals surface area contributed by atoms with Crippen LogP contribution in [-0.2, 0) is 30.7 Å². The molecule has 1 aliphatic rings. The van der Waals surface area contributed by atoms with Crippen molar-refractivity contribution in [3.63, 3.8) is 0 Å². The zero-order valence-electron chi connectivity index (χ0n) is 19.4. The average Bonchev–Trinajstić information content (AvgIpc) is 3.15. The largest absolute Gasteiger partial charge is 0.467 e. The van der Waals surface area contributed by atoms with Crippen LogP contribution in [0.4, 0.5) is 4.79 Å². The molecule has 1 aliphatic carbocycles. The van der Waals surface area contributed by atoms with E-state index < -0.39 is 38.5 Å². The number of nitrogens with zero attached hydrogens (tertiary/aromatic N) is 2. The molecule has 2 atom stereocenters. The highest BCUT2D eigenvalue weighted by molar-refractivity contribution is 7.91. The maximum Gasteiger partial charge on any atom is 0.408 e. The molecule has 1 heterocycles. The van der Waals surface area contributed by atoms with E-state index in [0.717, 1.165) is 4.09 Å². The fourth-order valence-corrected chi connectivity index (χ4v) is 5.04. The van der Waals surface area contributed by atoms with Crippen molar-refractivity contribution >= 4 is 33.0 Å². The average molecular weight is 476 g/mol. The van der Waals surface area contributed by atoms with E-state index >= 15 is 0 Å². The standard InChI is InChI=1S/C23H29N3O6S/c1-22(2,3)32-21(28)25-18(20(27)31-5)14-16-9-10-19-17(13-16)15-24-26(19)33(29,30)23(4)11-7-6-8-12-23/h6-11,13,15,18H,12,14H2,1-5H3,(H,25,28)/t18-,23?/m0/s1. The number of nitrogens with one attached hydrogen (secondary N) is 1. The topological polar surface area (TPSA) is 117 Å². The molecule has 1 unspecified atom stereocenters. The highest BCUT2D eigenvalue weighted by atomic mass is 32.2. The van der Waals surface area contributed by atoms with Gasteiger partial charge in [0.1, 0.15) is 16.4 Å². The molecule has 0 saturated carbocycles. The predicted octanol–water partition coefficient (Wildman–Crippen LogP) is 3.10. The summed E-state index contributed by atoms with van der Waals surface area (Å²) in [4.78, 5) is 24.4. The molecule has 3 rings (SSSR count). The number of alkyl carbamates (subject to hydrolysis) is 1. The number of methoxy groups -OCH3 is 1. The number of aromatic nitrogens is 2. The van der Waals surface area contributed by atoms with Crippen molar-refractivity contribution in [3.8, 4) is 0 Å². The Morgan fingerprint density at radius 1 is 1.27 bits per heavy atom. The zero-order chi connectivity index (χ0) is 24.4. The highest BCUT2D eigenvalue weighted by Crippen LogP contribution is 2.30. The van der Waals surface area contributed by atoms with Crippen LogP contribution in [0.25, 0.3) is 10.9 Å². The molecule has 0 aliphatic heterocycles. The number of carbonyl (C=O) groups is 2. The molecule has 10 heteroatoms. The Morgan fingerprint density at radius 3 is 2.61 bits per heavy atom. The van der Waals surface area contributed by atoms with Gasteiger partial charge in [0.25, 0.3) is 10.0 Å². The number of amides is 1. The summed E-state index contributed by atoms with van der Waals surface area (Å²) in [6.07, 6.45) is 8.22. The minimum absolute atomic E-state index is 0.130. The van der Waals surface area contributed by atoms with Crippen molar-refractivity contribution in [1.29, 1.82) is 0 Å². The van der Waals surface area contributed by atoms with Gasteiger partial charge in [0.05, 0.1) is 18.8 Å². The summed E-state index contributed by atoms with van der Waals surface area (Å²) in [5, 5.41) is 7.26. The van der Waals surface area contributed by atoms with Crippen molar-refractivity contribution in [2.75, 3.05) is 7.11 Å². The summed E-state index contributed by atoms with van der Waals surface area (Å²) < 4.78 is 36.6. The third kappa shape index (κ3) is 5.27. The Hall–Kier alpha value is -3.14. The van der Waals surface area contributed by atoms with Gasteiger partial charge in [0, 0.05) is 11.8 Å². The minimum Gasteiger partial charge on any atom is -0.467 e. The predicted molar refractivity (Wildman–Crippen MR) is 124 cm³/mol. The number of ether oxygens (including phenoxy) is 2. The van der Waals surface area contributed by atoms with Gasteiger partial charge in [-0.1, -0.05) is 30.4 Å². The molecule has 1 aromatic heterocycles. The van der Waals surface area contributed by atoms with Crippen molar-refractivity contribution in [2.45, 2.75) is 56.9 Å². The summed E-state index contributed by atoms with van der Waals surface area (Å²) in [6.45, 7) is 6.82. The lowest BCUT2D eigenvalue weighted by atomic mass is 10.0. The van der Waals surface area contributed by atoms with Crippen LogP contribution in [0.5, 0.6) is 0 Å². The SMILES string of the molecule is COC(=O)[C@H](Cc1ccc2c(cnn2S(=O)(=O)C2(C)C=CC=CC2)c1)NC(=O)OC(C)(C)C. The molecule has 1 amide bonds. The van der Waals surface area contributed by atoms with E-state index in [1.165, 1.54) is 13.3 Å². The number of allylic oxidation sites excluding steroid dienone is 3. The van der Waals surface area contributed by atoms with Crippen LogP contribution in [0.3, 0.4) is 0 Å². The number of esters is 1. The van der Waals surface area contributed by atoms with Crippen molar-refractivity contribution in [2.24, 2.45) is 0 Å². The molecule has 0 bridgehead atoms. The molecule has 0 saturated heterocycles. The molecule has 0 fully saturated rings. The fourth-order valence-electron chi connectivity index (χ4n) is 3.49. The molecule has 2 aromatic rings. The lowest BCUT2D eigenvalue weighted by Crippen LogP contribution is -2.45. The van der Waals surface area contributed by atoms with Gasteiger partial charge in [0.15, 0.2) is 0 Å². The Balaban J connectivity index is 1.87. The van der Waals surface area contributed by atoms with Crippen LogP contribution >= 0.6 is 0 Å². The number of rotatable bonds is 6. The molecular formula is C23H29N3O6S. The maximum absolute atomic E-state index is 13.3. The normalized spacial score (nSPS) is 19.3. The van der Waals surface area contributed by atoms with Gasteiger partial charge < -0.3 is 14.8 Å². The Morgan fingerprint density at radius 2 is 2.00 bits per heavy atom. The van der Waals surface area contributed by atoms with E-state index in [2.05, 4.69) is 10.4 Å². The van der Waals surface area contributed by atoms with Crippen LogP contribution in [-0.4, -0.2) is 53.2 Å². The van der Waals surface area contributed by atoms with E-state index in [1.807, 2.05) is 12.2 Å². The third-order valence-electron chi connectivity index (χ3n) is 5.25. The first-order valence-electron chi connectivity index (χ1n) is 10.5.